The van der Waals surface area contributed by atoms with Crippen LogP contribution in [0.4, 0.5) is 13.2 Å². The third kappa shape index (κ3) is 3.71. The molecule has 0 fully saturated rings. The van der Waals surface area contributed by atoms with Crippen LogP contribution in [0.25, 0.3) is 0 Å². The van der Waals surface area contributed by atoms with Gasteiger partial charge in [-0.05, 0) is 28.2 Å². The number of pyridine rings is 1. The molecular weight excluding hydrogens is 350 g/mol. The van der Waals surface area contributed by atoms with Gasteiger partial charge in [0, 0.05) is 21.9 Å². The first kappa shape index (κ1) is 14.0. The molecule has 17 heavy (non-hydrogen) atoms. The Morgan fingerprint density at radius 3 is 2.65 bits per heavy atom. The second-order valence-corrected chi connectivity index (χ2v) is 4.05. The molecule has 0 unspecified atom stereocenters. The third-order valence-electron chi connectivity index (χ3n) is 1.83. The third-order valence-corrected chi connectivity index (χ3v) is 3.17. The van der Waals surface area contributed by atoms with Crippen molar-refractivity contribution in [2.45, 2.75) is 19.3 Å². The zero-order chi connectivity index (χ0) is 13.1. The number of aromatic nitrogens is 1. The second-order valence-electron chi connectivity index (χ2n) is 2.97. The lowest BCUT2D eigenvalue weighted by Gasteiger charge is -2.13. The number of ether oxygens (including phenoxy) is 1. The lowest BCUT2D eigenvalue weighted by molar-refractivity contribution is -0.276. The van der Waals surface area contributed by atoms with Crippen molar-refractivity contribution in [3.8, 4) is 11.9 Å². The molecule has 0 aliphatic heterocycles. The lowest BCUT2D eigenvalue weighted by Crippen LogP contribution is -2.20. The summed E-state index contributed by atoms with van der Waals surface area (Å²) < 4.78 is 40.5. The molecule has 2 N–H and O–H groups in total. The number of alkyl halides is 3. The molecule has 0 bridgehead atoms. The van der Waals surface area contributed by atoms with Gasteiger partial charge in [0.15, 0.2) is 0 Å². The Bertz CT molecular complexity index is 456. The number of halogens is 4. The Balaban J connectivity index is 3.22. The molecule has 0 amide bonds. The number of hydrogen-bond donors (Lipinski definition) is 1. The average Bonchev–Trinajstić information content (AvgIpc) is 2.22. The van der Waals surface area contributed by atoms with Crippen LogP contribution in [0.5, 0.6) is 5.88 Å². The molecule has 1 aromatic rings. The van der Waals surface area contributed by atoms with Crippen LogP contribution in [-0.2, 0) is 13.0 Å². The zero-order valence-corrected chi connectivity index (χ0v) is 10.5. The number of rotatable bonds is 3. The van der Waals surface area contributed by atoms with Gasteiger partial charge >= 0.3 is 6.36 Å². The summed E-state index contributed by atoms with van der Waals surface area (Å²) in [5, 5.41) is 8.58. The Morgan fingerprint density at radius 2 is 2.18 bits per heavy atom. The Kier molecular flexibility index (Phi) is 4.53. The van der Waals surface area contributed by atoms with E-state index in [0.29, 0.717) is 9.13 Å². The summed E-state index contributed by atoms with van der Waals surface area (Å²) >= 11 is 1.82. The molecule has 92 valence electrons. The van der Waals surface area contributed by atoms with Crippen molar-refractivity contribution in [1.82, 2.24) is 4.98 Å². The van der Waals surface area contributed by atoms with Crippen LogP contribution in [0.3, 0.4) is 0 Å². The van der Waals surface area contributed by atoms with Crippen molar-refractivity contribution in [2.75, 3.05) is 0 Å². The van der Waals surface area contributed by atoms with E-state index in [2.05, 4.69) is 9.72 Å². The molecule has 1 aromatic heterocycles. The molecule has 0 aromatic carbocycles. The van der Waals surface area contributed by atoms with Crippen molar-refractivity contribution in [1.29, 1.82) is 5.26 Å². The summed E-state index contributed by atoms with van der Waals surface area (Å²) in [7, 11) is 0. The fraction of sp³-hybridized carbons (Fsp3) is 0.333. The predicted octanol–water partition coefficient (Wildman–Crippen LogP) is 2.11. The van der Waals surface area contributed by atoms with Crippen LogP contribution in [0.2, 0.25) is 0 Å². The van der Waals surface area contributed by atoms with Gasteiger partial charge in [-0.15, -0.1) is 13.2 Å². The molecule has 0 aliphatic rings. The second kappa shape index (κ2) is 5.50. The maximum atomic E-state index is 12.1. The van der Waals surface area contributed by atoms with Crippen LogP contribution in [0.1, 0.15) is 11.1 Å². The first-order valence-electron chi connectivity index (χ1n) is 4.38. The monoisotopic (exact) mass is 357 g/mol. The molecule has 1 rings (SSSR count). The fourth-order valence-electron chi connectivity index (χ4n) is 1.13. The van der Waals surface area contributed by atoms with Crippen molar-refractivity contribution >= 4 is 22.6 Å². The van der Waals surface area contributed by atoms with Gasteiger partial charge in [0.1, 0.15) is 0 Å². The molecule has 0 aliphatic carbocycles. The minimum absolute atomic E-state index is 0.105. The predicted molar refractivity (Wildman–Crippen MR) is 60.8 cm³/mol. The van der Waals surface area contributed by atoms with E-state index < -0.39 is 12.2 Å². The molecule has 4 nitrogen and oxygen atoms in total. The first-order valence-corrected chi connectivity index (χ1v) is 5.46. The lowest BCUT2D eigenvalue weighted by atomic mass is 10.1. The van der Waals surface area contributed by atoms with E-state index in [-0.39, 0.29) is 18.5 Å². The van der Waals surface area contributed by atoms with E-state index in [1.807, 2.05) is 22.6 Å². The topological polar surface area (TPSA) is 71.9 Å². The van der Waals surface area contributed by atoms with Crippen LogP contribution in [0, 0.1) is 14.9 Å². The summed E-state index contributed by atoms with van der Waals surface area (Å²) in [6.45, 7) is 0.135. The molecule has 1 heterocycles. The normalized spacial score (nSPS) is 11.1. The van der Waals surface area contributed by atoms with Gasteiger partial charge in [-0.25, -0.2) is 4.98 Å². The Hall–Kier alpha value is -1.08. The van der Waals surface area contributed by atoms with Crippen LogP contribution in [-0.4, -0.2) is 11.3 Å². The summed E-state index contributed by atoms with van der Waals surface area (Å²) in [6.07, 6.45) is -3.83. The van der Waals surface area contributed by atoms with Crippen molar-refractivity contribution in [2.24, 2.45) is 5.73 Å². The standard InChI is InChI=1S/C9H7F3IN3O/c10-9(11,12)17-8-6(1-2-14)7(13)5(3-15)4-16-8/h4H,1,3,15H2. The summed E-state index contributed by atoms with van der Waals surface area (Å²) in [6, 6.07) is 1.77. The van der Waals surface area contributed by atoms with E-state index in [4.69, 9.17) is 11.0 Å². The van der Waals surface area contributed by atoms with Gasteiger partial charge in [-0.2, -0.15) is 5.26 Å². The number of nitrogens with zero attached hydrogens (tertiary/aromatic N) is 2. The first-order chi connectivity index (χ1) is 7.89. The zero-order valence-electron chi connectivity index (χ0n) is 8.38. The largest absolute Gasteiger partial charge is 0.574 e. The van der Waals surface area contributed by atoms with E-state index in [9.17, 15) is 13.2 Å². The maximum absolute atomic E-state index is 12.1. The highest BCUT2D eigenvalue weighted by Gasteiger charge is 2.33. The van der Waals surface area contributed by atoms with Gasteiger partial charge in [-0.1, -0.05) is 0 Å². The van der Waals surface area contributed by atoms with Crippen LogP contribution < -0.4 is 10.5 Å². The molecule has 8 heteroatoms. The van der Waals surface area contributed by atoms with Crippen molar-refractivity contribution in [3.05, 3.63) is 20.9 Å². The number of nitrogens with two attached hydrogens (primary N) is 1. The van der Waals surface area contributed by atoms with Gasteiger partial charge in [-0.3, -0.25) is 0 Å². The summed E-state index contributed by atoms with van der Waals surface area (Å²) in [4.78, 5) is 3.54. The van der Waals surface area contributed by atoms with Gasteiger partial charge in [0.25, 0.3) is 0 Å². The molecule has 0 saturated heterocycles. The van der Waals surface area contributed by atoms with Crippen LogP contribution in [0.15, 0.2) is 6.20 Å². The van der Waals surface area contributed by atoms with Gasteiger partial charge < -0.3 is 10.5 Å². The summed E-state index contributed by atoms with van der Waals surface area (Å²) in [5.41, 5.74) is 6.08. The highest BCUT2D eigenvalue weighted by atomic mass is 127. The maximum Gasteiger partial charge on any atom is 0.574 e. The highest BCUT2D eigenvalue weighted by molar-refractivity contribution is 14.1. The molecular formula is C9H7F3IN3O. The fourth-order valence-corrected chi connectivity index (χ4v) is 1.91. The molecule has 0 saturated carbocycles. The van der Waals surface area contributed by atoms with E-state index in [1.165, 1.54) is 6.20 Å². The number of hydrogen-bond acceptors (Lipinski definition) is 4. The van der Waals surface area contributed by atoms with Crippen molar-refractivity contribution in [3.63, 3.8) is 0 Å². The molecule has 0 atom stereocenters. The van der Waals surface area contributed by atoms with E-state index in [1.54, 1.807) is 6.07 Å². The SMILES string of the molecule is N#CCc1c(OC(F)(F)F)ncc(CN)c1I. The van der Waals surface area contributed by atoms with Gasteiger partial charge in [0.2, 0.25) is 5.88 Å². The summed E-state index contributed by atoms with van der Waals surface area (Å²) in [5.74, 6) is -0.597. The molecule has 0 radical (unpaired) electrons. The molecule has 0 spiro atoms. The van der Waals surface area contributed by atoms with Crippen LogP contribution >= 0.6 is 22.6 Å². The Morgan fingerprint density at radius 1 is 1.53 bits per heavy atom. The van der Waals surface area contributed by atoms with Crippen molar-refractivity contribution < 1.29 is 17.9 Å². The van der Waals surface area contributed by atoms with E-state index >= 15 is 0 Å². The van der Waals surface area contributed by atoms with Gasteiger partial charge in [0.05, 0.1) is 12.5 Å². The smallest absolute Gasteiger partial charge is 0.388 e. The minimum atomic E-state index is -4.83. The van der Waals surface area contributed by atoms with E-state index in [0.717, 1.165) is 0 Å². The average molecular weight is 357 g/mol. The number of nitriles is 1. The quantitative estimate of drug-likeness (QED) is 0.842. The minimum Gasteiger partial charge on any atom is -0.388 e. The Labute approximate surface area is 109 Å². The highest BCUT2D eigenvalue weighted by Crippen LogP contribution is 2.29.